The fourth-order valence-electron chi connectivity index (χ4n) is 2.06. The molecule has 0 radical (unpaired) electrons. The Hall–Kier alpha value is -1.43. The lowest BCUT2D eigenvalue weighted by Crippen LogP contribution is -2.23. The fraction of sp³-hybridized carbons (Fsp3) is 0.188. The lowest BCUT2D eigenvalue weighted by Gasteiger charge is -2.09. The van der Waals surface area contributed by atoms with Crippen molar-refractivity contribution >= 4 is 28.5 Å². The van der Waals surface area contributed by atoms with Crippen molar-refractivity contribution < 1.29 is 9.18 Å². The summed E-state index contributed by atoms with van der Waals surface area (Å²) in [6.45, 7) is 3.85. The molecule has 0 aliphatic rings. The van der Waals surface area contributed by atoms with Crippen LogP contribution in [0.3, 0.4) is 0 Å². The van der Waals surface area contributed by atoms with Crippen LogP contribution in [0.2, 0.25) is 0 Å². The molecule has 0 aliphatic heterocycles. The Morgan fingerprint density at radius 2 is 1.80 bits per heavy atom. The van der Waals surface area contributed by atoms with Crippen molar-refractivity contribution in [2.24, 2.45) is 0 Å². The maximum absolute atomic E-state index is 13.5. The summed E-state index contributed by atoms with van der Waals surface area (Å²) < 4.78 is 14.5. The van der Waals surface area contributed by atoms with E-state index in [1.807, 2.05) is 18.2 Å². The molecular weight excluding hydrogens is 368 g/mol. The van der Waals surface area contributed by atoms with E-state index < -0.39 is 0 Å². The van der Waals surface area contributed by atoms with Gasteiger partial charge in [-0.25, -0.2) is 4.39 Å². The minimum atomic E-state index is -0.183. The monoisotopic (exact) mass is 383 g/mol. The van der Waals surface area contributed by atoms with Crippen molar-refractivity contribution in [2.75, 3.05) is 0 Å². The number of carbonyl (C=O) groups excluding carboxylic acids is 1. The van der Waals surface area contributed by atoms with Crippen molar-refractivity contribution in [3.63, 3.8) is 0 Å². The lowest BCUT2D eigenvalue weighted by molar-refractivity contribution is 0.0950. The average Bonchev–Trinajstić information content (AvgIpc) is 2.42. The zero-order valence-electron chi connectivity index (χ0n) is 11.3. The van der Waals surface area contributed by atoms with E-state index in [0.717, 1.165) is 9.13 Å². The number of aryl methyl sites for hydroxylation is 2. The van der Waals surface area contributed by atoms with Gasteiger partial charge < -0.3 is 5.32 Å². The Balaban J connectivity index is 2.10. The van der Waals surface area contributed by atoms with E-state index >= 15 is 0 Å². The molecule has 4 heteroatoms. The molecule has 0 heterocycles. The van der Waals surface area contributed by atoms with Crippen LogP contribution in [0.25, 0.3) is 0 Å². The van der Waals surface area contributed by atoms with Crippen molar-refractivity contribution in [1.29, 1.82) is 0 Å². The third-order valence-corrected chi connectivity index (χ3v) is 4.01. The molecule has 2 rings (SSSR count). The second-order valence-electron chi connectivity index (χ2n) is 4.71. The molecule has 20 heavy (non-hydrogen) atoms. The number of hydrogen-bond acceptors (Lipinski definition) is 1. The highest BCUT2D eigenvalue weighted by Crippen LogP contribution is 2.15. The van der Waals surface area contributed by atoms with Crippen molar-refractivity contribution in [1.82, 2.24) is 5.32 Å². The van der Waals surface area contributed by atoms with Gasteiger partial charge >= 0.3 is 0 Å². The Morgan fingerprint density at radius 3 is 2.40 bits per heavy atom. The normalized spacial score (nSPS) is 10.4. The van der Waals surface area contributed by atoms with Crippen LogP contribution in [0.15, 0.2) is 36.4 Å². The molecule has 0 aliphatic carbocycles. The lowest BCUT2D eigenvalue weighted by atomic mass is 10.1. The molecule has 0 spiro atoms. The maximum Gasteiger partial charge on any atom is 0.252 e. The van der Waals surface area contributed by atoms with Crippen LogP contribution in [0, 0.1) is 23.2 Å². The van der Waals surface area contributed by atoms with Gasteiger partial charge in [-0.15, -0.1) is 0 Å². The molecule has 0 unspecified atom stereocenters. The van der Waals surface area contributed by atoms with E-state index in [1.165, 1.54) is 0 Å². The summed E-state index contributed by atoms with van der Waals surface area (Å²) in [6, 6.07) is 10.9. The summed E-state index contributed by atoms with van der Waals surface area (Å²) in [5.41, 5.74) is 2.76. The van der Waals surface area contributed by atoms with Crippen LogP contribution < -0.4 is 5.32 Å². The quantitative estimate of drug-likeness (QED) is 0.799. The van der Waals surface area contributed by atoms with Gasteiger partial charge in [-0.05, 0) is 65.3 Å². The number of carbonyl (C=O) groups is 1. The average molecular weight is 383 g/mol. The smallest absolute Gasteiger partial charge is 0.252 e. The molecule has 1 amide bonds. The molecule has 0 fully saturated rings. The first kappa shape index (κ1) is 15.0. The van der Waals surface area contributed by atoms with Crippen LogP contribution in [0.5, 0.6) is 0 Å². The van der Waals surface area contributed by atoms with Gasteiger partial charge in [0.15, 0.2) is 0 Å². The van der Waals surface area contributed by atoms with Gasteiger partial charge in [-0.1, -0.05) is 24.3 Å². The van der Waals surface area contributed by atoms with Gasteiger partial charge in [0.25, 0.3) is 5.91 Å². The van der Waals surface area contributed by atoms with Crippen molar-refractivity contribution in [2.45, 2.75) is 20.4 Å². The standard InChI is InChI=1S/C16H15FINO/c1-10-7-12(8-11(2)15(10)17)9-19-16(20)13-5-3-4-6-14(13)18/h3-8H,9H2,1-2H3,(H,19,20). The highest BCUT2D eigenvalue weighted by Gasteiger charge is 2.09. The van der Waals surface area contributed by atoms with Gasteiger partial charge in [-0.2, -0.15) is 0 Å². The molecule has 0 bridgehead atoms. The van der Waals surface area contributed by atoms with Crippen LogP contribution >= 0.6 is 22.6 Å². The van der Waals surface area contributed by atoms with Crippen molar-refractivity contribution in [3.05, 3.63) is 68.0 Å². The molecular formula is C16H15FINO. The van der Waals surface area contributed by atoms with Gasteiger partial charge in [0, 0.05) is 10.1 Å². The summed E-state index contributed by atoms with van der Waals surface area (Å²) in [6.07, 6.45) is 0. The maximum atomic E-state index is 13.5. The number of nitrogens with one attached hydrogen (secondary N) is 1. The summed E-state index contributed by atoms with van der Waals surface area (Å²) in [4.78, 5) is 12.1. The molecule has 2 aromatic carbocycles. The Labute approximate surface area is 131 Å². The Morgan fingerprint density at radius 1 is 1.20 bits per heavy atom. The van der Waals surface area contributed by atoms with Crippen LogP contribution in [-0.4, -0.2) is 5.91 Å². The number of rotatable bonds is 3. The third-order valence-electron chi connectivity index (χ3n) is 3.07. The molecule has 0 saturated carbocycles. The van der Waals surface area contributed by atoms with Gasteiger partial charge in [0.05, 0.1) is 5.56 Å². The van der Waals surface area contributed by atoms with Crippen molar-refractivity contribution in [3.8, 4) is 0 Å². The van der Waals surface area contributed by atoms with E-state index in [0.29, 0.717) is 23.2 Å². The Bertz CT molecular complexity index is 632. The van der Waals surface area contributed by atoms with E-state index in [4.69, 9.17) is 0 Å². The summed E-state index contributed by atoms with van der Waals surface area (Å²) in [5.74, 6) is -0.299. The van der Waals surface area contributed by atoms with E-state index in [9.17, 15) is 9.18 Å². The predicted octanol–water partition coefficient (Wildman–Crippen LogP) is 3.98. The van der Waals surface area contributed by atoms with Crippen LogP contribution in [0.4, 0.5) is 4.39 Å². The SMILES string of the molecule is Cc1cc(CNC(=O)c2ccccc2I)cc(C)c1F. The summed E-state index contributed by atoms with van der Waals surface area (Å²) in [7, 11) is 0. The predicted molar refractivity (Wildman–Crippen MR) is 86.2 cm³/mol. The molecule has 0 saturated heterocycles. The molecule has 104 valence electrons. The topological polar surface area (TPSA) is 29.1 Å². The fourth-order valence-corrected chi connectivity index (χ4v) is 2.69. The first-order valence-electron chi connectivity index (χ1n) is 6.27. The first-order chi connectivity index (χ1) is 9.49. The Kier molecular flexibility index (Phi) is 4.75. The van der Waals surface area contributed by atoms with Crippen LogP contribution in [0.1, 0.15) is 27.0 Å². The first-order valence-corrected chi connectivity index (χ1v) is 7.35. The summed E-state index contributed by atoms with van der Waals surface area (Å²) in [5, 5.41) is 2.86. The number of amides is 1. The molecule has 0 atom stereocenters. The van der Waals surface area contributed by atoms with Gasteiger partial charge in [0.2, 0.25) is 0 Å². The molecule has 1 N–H and O–H groups in total. The zero-order chi connectivity index (χ0) is 14.7. The minimum Gasteiger partial charge on any atom is -0.348 e. The highest BCUT2D eigenvalue weighted by molar-refractivity contribution is 14.1. The summed E-state index contributed by atoms with van der Waals surface area (Å²) >= 11 is 2.13. The minimum absolute atomic E-state index is 0.116. The second-order valence-corrected chi connectivity index (χ2v) is 5.87. The molecule has 2 nitrogen and oxygen atoms in total. The van der Waals surface area contributed by atoms with Gasteiger partial charge in [-0.3, -0.25) is 4.79 Å². The van der Waals surface area contributed by atoms with Crippen LogP contribution in [-0.2, 0) is 6.54 Å². The van der Waals surface area contributed by atoms with Gasteiger partial charge in [0.1, 0.15) is 5.82 Å². The number of hydrogen-bond donors (Lipinski definition) is 1. The number of halogens is 2. The van der Waals surface area contributed by atoms with E-state index in [1.54, 1.807) is 32.0 Å². The second kappa shape index (κ2) is 6.35. The molecule has 0 aromatic heterocycles. The van der Waals surface area contributed by atoms with E-state index in [-0.39, 0.29) is 11.7 Å². The largest absolute Gasteiger partial charge is 0.348 e. The molecule has 2 aromatic rings. The zero-order valence-corrected chi connectivity index (χ0v) is 13.5. The third kappa shape index (κ3) is 3.36. The van der Waals surface area contributed by atoms with E-state index in [2.05, 4.69) is 27.9 Å². The number of benzene rings is 2. The highest BCUT2D eigenvalue weighted by atomic mass is 127.